The molecule has 0 heterocycles. The third kappa shape index (κ3) is 6.14. The predicted molar refractivity (Wildman–Crippen MR) is 100 cm³/mol. The van der Waals surface area contributed by atoms with Crippen molar-refractivity contribution in [1.29, 1.82) is 0 Å². The first-order chi connectivity index (χ1) is 10.3. The van der Waals surface area contributed by atoms with Gasteiger partial charge in [0.2, 0.25) is 0 Å². The number of rotatable bonds is 7. The zero-order valence-electron chi connectivity index (χ0n) is 12.1. The third-order valence-corrected chi connectivity index (χ3v) is 8.16. The summed E-state index contributed by atoms with van der Waals surface area (Å²) in [6.45, 7) is 2.26. The molecule has 0 saturated carbocycles. The summed E-state index contributed by atoms with van der Waals surface area (Å²) in [6, 6.07) is 19.5. The Morgan fingerprint density at radius 1 is 1.05 bits per heavy atom. The summed E-state index contributed by atoms with van der Waals surface area (Å²) in [7, 11) is 0. The van der Waals surface area contributed by atoms with E-state index in [0.717, 1.165) is 0 Å². The monoisotopic (exact) mass is 474 g/mol. The first-order valence-electron chi connectivity index (χ1n) is 7.11. The molecule has 2 aromatic rings. The number of halogens is 1. The Balaban J connectivity index is 2.08. The second-order valence-corrected chi connectivity index (χ2v) is 11.4. The van der Waals surface area contributed by atoms with Crippen molar-refractivity contribution in [2.45, 2.75) is 25.1 Å². The van der Waals surface area contributed by atoms with E-state index in [2.05, 4.69) is 83.5 Å². The Kier molecular flexibility index (Phi) is 7.85. The normalized spacial score (nSPS) is 11.6. The van der Waals surface area contributed by atoms with Crippen molar-refractivity contribution >= 4 is 60.8 Å². The molecule has 0 aliphatic carbocycles. The van der Waals surface area contributed by atoms with Crippen LogP contribution < -0.4 is 8.92 Å². The van der Waals surface area contributed by atoms with Crippen LogP contribution in [0.3, 0.4) is 0 Å². The fourth-order valence-corrected chi connectivity index (χ4v) is 6.86. The molecule has 0 radical (unpaired) electrons. The molecule has 0 aromatic heterocycles. The first-order valence-corrected chi connectivity index (χ1v) is 11.7. The maximum atomic E-state index is 3.76. The van der Waals surface area contributed by atoms with E-state index in [1.54, 1.807) is 0 Å². The van der Waals surface area contributed by atoms with E-state index in [1.165, 1.54) is 36.0 Å². The van der Waals surface area contributed by atoms with E-state index < -0.39 is 0 Å². The molecule has 0 atom stereocenters. The molecule has 3 heteroatoms. The number of benzene rings is 2. The van der Waals surface area contributed by atoms with Gasteiger partial charge in [0.25, 0.3) is 0 Å². The molecule has 0 bridgehead atoms. The molecule has 110 valence electrons. The van der Waals surface area contributed by atoms with E-state index in [9.17, 15) is 0 Å². The molecule has 0 saturated heterocycles. The van der Waals surface area contributed by atoms with Crippen LogP contribution in [0.5, 0.6) is 0 Å². The molecule has 2 rings (SSSR count). The molecule has 0 unspecified atom stereocenters. The van der Waals surface area contributed by atoms with Gasteiger partial charge in [-0.1, -0.05) is 0 Å². The van der Waals surface area contributed by atoms with Crippen molar-refractivity contribution in [2.75, 3.05) is 0 Å². The Morgan fingerprint density at radius 3 is 2.52 bits per heavy atom. The van der Waals surface area contributed by atoms with Crippen LogP contribution in [0.25, 0.3) is 6.08 Å². The van der Waals surface area contributed by atoms with Gasteiger partial charge in [0.05, 0.1) is 0 Å². The molecule has 0 aliphatic heterocycles. The average molecular weight is 473 g/mol. The van der Waals surface area contributed by atoms with Gasteiger partial charge in [0.1, 0.15) is 0 Å². The Hall–Kier alpha value is -0.301. The number of unbranched alkanes of at least 4 members (excludes halogenated alkanes) is 1. The van der Waals surface area contributed by atoms with E-state index in [1.807, 2.05) is 0 Å². The summed E-state index contributed by atoms with van der Waals surface area (Å²) >= 11 is 4.71. The predicted octanol–water partition coefficient (Wildman–Crippen LogP) is 3.96. The zero-order chi connectivity index (χ0) is 14.9. The van der Waals surface area contributed by atoms with E-state index in [4.69, 9.17) is 0 Å². The van der Waals surface area contributed by atoms with Gasteiger partial charge in [-0.2, -0.15) is 0 Å². The zero-order valence-corrected chi connectivity index (χ0v) is 17.1. The summed E-state index contributed by atoms with van der Waals surface area (Å²) < 4.78 is 4.24. The van der Waals surface area contributed by atoms with Crippen LogP contribution in [0.4, 0.5) is 0 Å². The fraction of sp³-hybridized carbons (Fsp3) is 0.222. The van der Waals surface area contributed by atoms with Gasteiger partial charge in [-0.15, -0.1) is 0 Å². The summed E-state index contributed by atoms with van der Waals surface area (Å²) in [6.07, 6.45) is 4.95. The average Bonchev–Trinajstić information content (AvgIpc) is 2.50. The molecule has 2 aromatic carbocycles. The van der Waals surface area contributed by atoms with Gasteiger partial charge >= 0.3 is 149 Å². The topological polar surface area (TPSA) is 0 Å². The van der Waals surface area contributed by atoms with Crippen LogP contribution in [0.1, 0.15) is 25.3 Å². The van der Waals surface area contributed by atoms with Crippen LogP contribution in [0, 0.1) is 0 Å². The summed E-state index contributed by atoms with van der Waals surface area (Å²) in [5.74, 6) is 0. The van der Waals surface area contributed by atoms with Crippen molar-refractivity contribution in [1.82, 2.24) is 0 Å². The van der Waals surface area contributed by atoms with Gasteiger partial charge in [-0.05, 0) is 0 Å². The van der Waals surface area contributed by atoms with E-state index in [0.29, 0.717) is 29.9 Å². The minimum atomic E-state index is 0.352. The Morgan fingerprint density at radius 2 is 1.76 bits per heavy atom. The van der Waals surface area contributed by atoms with E-state index >= 15 is 0 Å². The summed E-state index contributed by atoms with van der Waals surface area (Å²) in [5.41, 5.74) is 1.39. The SMILES string of the molecule is CCCC[Se]c1ccccc1/C=C(\Br)[Se]c1ccccc1. The minimum absolute atomic E-state index is 0.352. The van der Waals surface area contributed by atoms with Crippen LogP contribution in [0.2, 0.25) is 5.32 Å². The molecule has 0 N–H and O–H groups in total. The maximum absolute atomic E-state index is 3.76. The van der Waals surface area contributed by atoms with Crippen LogP contribution in [0.15, 0.2) is 58.0 Å². The van der Waals surface area contributed by atoms with Crippen LogP contribution in [-0.2, 0) is 0 Å². The van der Waals surface area contributed by atoms with Crippen molar-refractivity contribution in [2.24, 2.45) is 0 Å². The number of hydrogen-bond acceptors (Lipinski definition) is 0. The molecular formula is C18H19BrSe2. The third-order valence-electron chi connectivity index (χ3n) is 2.90. The molecule has 0 amide bonds. The van der Waals surface area contributed by atoms with Crippen LogP contribution in [-0.4, -0.2) is 29.9 Å². The van der Waals surface area contributed by atoms with Crippen molar-refractivity contribution in [3.05, 3.63) is 63.5 Å². The standard InChI is InChI=1S/C18H19BrSe2/c1-2-3-13-20-17-12-8-7-9-15(17)14-18(19)21-16-10-5-4-6-11-16/h4-12,14H,2-3,13H2,1H3/b18-14+. The van der Waals surface area contributed by atoms with Crippen molar-refractivity contribution in [3.63, 3.8) is 0 Å². The first kappa shape index (κ1) is 17.1. The fourth-order valence-electron chi connectivity index (χ4n) is 1.81. The van der Waals surface area contributed by atoms with Gasteiger partial charge in [0.15, 0.2) is 0 Å². The summed E-state index contributed by atoms with van der Waals surface area (Å²) in [4.78, 5) is 0. The second kappa shape index (κ2) is 9.66. The quantitative estimate of drug-likeness (QED) is 0.422. The molecule has 0 fully saturated rings. The molecule has 0 spiro atoms. The van der Waals surface area contributed by atoms with Crippen molar-refractivity contribution in [3.8, 4) is 0 Å². The van der Waals surface area contributed by atoms with Crippen molar-refractivity contribution < 1.29 is 0 Å². The second-order valence-electron chi connectivity index (χ2n) is 4.60. The number of hydrogen-bond donors (Lipinski definition) is 0. The van der Waals surface area contributed by atoms with E-state index in [-0.39, 0.29) is 0 Å². The van der Waals surface area contributed by atoms with Crippen LogP contribution >= 0.6 is 15.9 Å². The molecule has 0 aliphatic rings. The van der Waals surface area contributed by atoms with Gasteiger partial charge < -0.3 is 0 Å². The molecule has 21 heavy (non-hydrogen) atoms. The van der Waals surface area contributed by atoms with Gasteiger partial charge in [-0.25, -0.2) is 0 Å². The molecule has 0 nitrogen and oxygen atoms in total. The Labute approximate surface area is 148 Å². The molecular weight excluding hydrogens is 454 g/mol. The van der Waals surface area contributed by atoms with Gasteiger partial charge in [-0.3, -0.25) is 0 Å². The van der Waals surface area contributed by atoms with Gasteiger partial charge in [0, 0.05) is 0 Å². The summed E-state index contributed by atoms with van der Waals surface area (Å²) in [5, 5.41) is 1.34. The Bertz CT molecular complexity index is 579.